The van der Waals surface area contributed by atoms with Crippen molar-refractivity contribution in [3.8, 4) is 39.3 Å². The fraction of sp³-hybridized carbons (Fsp3) is 0.0455. The summed E-state index contributed by atoms with van der Waals surface area (Å²) in [5, 5.41) is 9.72. The maximum absolute atomic E-state index is 6.41. The highest BCUT2D eigenvalue weighted by Crippen LogP contribution is 2.52. The Labute approximate surface area is 283 Å². The highest BCUT2D eigenvalue weighted by atomic mass is 16.5. The van der Waals surface area contributed by atoms with Crippen LogP contribution in [0.4, 0.5) is 11.4 Å². The Hall–Kier alpha value is -6.46. The summed E-state index contributed by atoms with van der Waals surface area (Å²) < 4.78 is 6.41. The van der Waals surface area contributed by atoms with Crippen LogP contribution < -0.4 is 15.4 Å². The minimum atomic E-state index is -0.220. The molecule has 0 fully saturated rings. The standard InChI is InChI=1S/C44H30N4O/c1-2-7-33(8-3-1)44-48-43-38(49-44)25-23-35-39(43)34-10-4-5-11-37(34)47-40(35)31-18-14-28(15-19-31)27-12-16-29(17-13-27)36-24-22-32-21-20-30-9-6-26-45-41(30)42(32)46-36/h1-26,40,44,47-48H. The third kappa shape index (κ3) is 4.62. The number of hydrogen-bond donors (Lipinski definition) is 2. The second kappa shape index (κ2) is 11.1. The molecule has 10 rings (SSSR count). The van der Waals surface area contributed by atoms with Crippen LogP contribution in [0.2, 0.25) is 0 Å². The van der Waals surface area contributed by atoms with Gasteiger partial charge in [0, 0.05) is 44.9 Å². The van der Waals surface area contributed by atoms with E-state index in [2.05, 4.69) is 143 Å². The largest absolute Gasteiger partial charge is 0.464 e. The number of benzene rings is 6. The first-order valence-electron chi connectivity index (χ1n) is 16.6. The zero-order valence-electron chi connectivity index (χ0n) is 26.5. The fourth-order valence-electron chi connectivity index (χ4n) is 7.35. The maximum Gasteiger partial charge on any atom is 0.196 e. The number of nitrogens with one attached hydrogen (secondary N) is 2. The van der Waals surface area contributed by atoms with Crippen LogP contribution in [-0.4, -0.2) is 9.97 Å². The molecule has 0 amide bonds. The number of fused-ring (bicyclic) bond motifs is 8. The van der Waals surface area contributed by atoms with Gasteiger partial charge in [-0.2, -0.15) is 0 Å². The van der Waals surface area contributed by atoms with E-state index in [0.717, 1.165) is 61.3 Å². The van der Waals surface area contributed by atoms with E-state index in [1.165, 1.54) is 27.8 Å². The van der Waals surface area contributed by atoms with Crippen LogP contribution in [0.1, 0.15) is 29.0 Å². The average Bonchev–Trinajstić information content (AvgIpc) is 3.63. The van der Waals surface area contributed by atoms with Crippen molar-refractivity contribution in [2.45, 2.75) is 12.3 Å². The average molecular weight is 631 g/mol. The van der Waals surface area contributed by atoms with Gasteiger partial charge in [-0.25, -0.2) is 4.98 Å². The molecule has 49 heavy (non-hydrogen) atoms. The van der Waals surface area contributed by atoms with E-state index in [-0.39, 0.29) is 12.3 Å². The number of hydrogen-bond acceptors (Lipinski definition) is 5. The van der Waals surface area contributed by atoms with Crippen LogP contribution >= 0.6 is 0 Å². The van der Waals surface area contributed by atoms with Gasteiger partial charge in [0.1, 0.15) is 5.75 Å². The number of ether oxygens (including phenoxy) is 1. The lowest BCUT2D eigenvalue weighted by atomic mass is 9.85. The molecule has 2 unspecified atom stereocenters. The van der Waals surface area contributed by atoms with Crippen LogP contribution in [0.5, 0.6) is 5.75 Å². The SMILES string of the molecule is c1ccc(C2Nc3c(ccc4c3-c3ccccc3NC4c3ccc(-c4ccc(-c5ccc6ccc7cccnc7c6n5)cc4)cc3)O2)cc1. The molecule has 0 saturated heterocycles. The fourth-order valence-corrected chi connectivity index (χ4v) is 7.35. The predicted molar refractivity (Wildman–Crippen MR) is 199 cm³/mol. The minimum absolute atomic E-state index is 0.00579. The van der Waals surface area contributed by atoms with Crippen LogP contribution in [0.3, 0.4) is 0 Å². The Morgan fingerprint density at radius 2 is 1.24 bits per heavy atom. The van der Waals surface area contributed by atoms with Gasteiger partial charge in [-0.15, -0.1) is 0 Å². The molecule has 2 atom stereocenters. The Morgan fingerprint density at radius 1 is 0.531 bits per heavy atom. The molecule has 2 aliphatic heterocycles. The summed E-state index contributed by atoms with van der Waals surface area (Å²) in [6, 6.07) is 53.3. The molecule has 5 nitrogen and oxygen atoms in total. The summed E-state index contributed by atoms with van der Waals surface area (Å²) in [6.45, 7) is 0. The smallest absolute Gasteiger partial charge is 0.196 e. The molecule has 2 N–H and O–H groups in total. The van der Waals surface area contributed by atoms with Crippen molar-refractivity contribution in [1.29, 1.82) is 0 Å². The molecule has 2 aliphatic rings. The van der Waals surface area contributed by atoms with Crippen molar-refractivity contribution in [3.05, 3.63) is 175 Å². The molecule has 8 aromatic rings. The lowest BCUT2D eigenvalue weighted by Crippen LogP contribution is -2.18. The lowest BCUT2D eigenvalue weighted by Gasteiger charge is -2.31. The van der Waals surface area contributed by atoms with Crippen LogP contribution in [-0.2, 0) is 0 Å². The molecule has 0 aliphatic carbocycles. The molecule has 0 bridgehead atoms. The first kappa shape index (κ1) is 27.6. The Kier molecular flexibility index (Phi) is 6.24. The van der Waals surface area contributed by atoms with E-state index in [1.54, 1.807) is 0 Å². The number of pyridine rings is 2. The van der Waals surface area contributed by atoms with Crippen molar-refractivity contribution in [3.63, 3.8) is 0 Å². The summed E-state index contributed by atoms with van der Waals surface area (Å²) in [5.74, 6) is 0.880. The first-order valence-corrected chi connectivity index (χ1v) is 16.6. The van der Waals surface area contributed by atoms with Crippen molar-refractivity contribution in [2.24, 2.45) is 0 Å². The molecule has 6 aromatic carbocycles. The van der Waals surface area contributed by atoms with Crippen molar-refractivity contribution < 1.29 is 4.74 Å². The van der Waals surface area contributed by atoms with E-state index in [0.29, 0.717) is 0 Å². The summed E-state index contributed by atoms with van der Waals surface area (Å²) >= 11 is 0. The second-order valence-corrected chi connectivity index (χ2v) is 12.7. The van der Waals surface area contributed by atoms with Gasteiger partial charge >= 0.3 is 0 Å². The minimum Gasteiger partial charge on any atom is -0.464 e. The molecule has 0 spiro atoms. The molecular formula is C44H30N4O. The number of para-hydroxylation sites is 1. The van der Waals surface area contributed by atoms with Crippen molar-refractivity contribution in [1.82, 2.24) is 9.97 Å². The lowest BCUT2D eigenvalue weighted by molar-refractivity contribution is 0.260. The molecule has 4 heterocycles. The number of rotatable bonds is 4. The summed E-state index contributed by atoms with van der Waals surface area (Å²) in [7, 11) is 0. The molecule has 5 heteroatoms. The third-order valence-electron chi connectivity index (χ3n) is 9.82. The Morgan fingerprint density at radius 3 is 2.08 bits per heavy atom. The first-order chi connectivity index (χ1) is 24.3. The van der Waals surface area contributed by atoms with Gasteiger partial charge in [0.25, 0.3) is 0 Å². The zero-order chi connectivity index (χ0) is 32.3. The summed E-state index contributed by atoms with van der Waals surface area (Å²) in [6.07, 6.45) is 1.61. The van der Waals surface area contributed by atoms with Gasteiger partial charge in [-0.05, 0) is 46.5 Å². The highest BCUT2D eigenvalue weighted by molar-refractivity contribution is 6.03. The quantitative estimate of drug-likeness (QED) is 0.190. The Bertz CT molecular complexity index is 2530. The van der Waals surface area contributed by atoms with Gasteiger partial charge in [0.2, 0.25) is 0 Å². The van der Waals surface area contributed by atoms with Gasteiger partial charge in [0.15, 0.2) is 6.23 Å². The number of nitrogens with zero attached hydrogens (tertiary/aromatic N) is 2. The second-order valence-electron chi connectivity index (χ2n) is 12.7. The number of anilines is 2. The Balaban J connectivity index is 0.959. The van der Waals surface area contributed by atoms with E-state index in [1.807, 2.05) is 30.5 Å². The maximum atomic E-state index is 6.41. The molecule has 0 radical (unpaired) electrons. The van der Waals surface area contributed by atoms with Crippen molar-refractivity contribution >= 4 is 33.2 Å². The third-order valence-corrected chi connectivity index (χ3v) is 9.82. The van der Waals surface area contributed by atoms with Crippen molar-refractivity contribution in [2.75, 3.05) is 10.6 Å². The number of aromatic nitrogens is 2. The monoisotopic (exact) mass is 630 g/mol. The van der Waals surface area contributed by atoms with E-state index in [9.17, 15) is 0 Å². The molecule has 232 valence electrons. The van der Waals surface area contributed by atoms with Gasteiger partial charge in [0.05, 0.1) is 28.5 Å². The molecule has 0 saturated carbocycles. The highest BCUT2D eigenvalue weighted by Gasteiger charge is 2.33. The van der Waals surface area contributed by atoms with E-state index >= 15 is 0 Å². The molecule has 2 aromatic heterocycles. The van der Waals surface area contributed by atoms with E-state index in [4.69, 9.17) is 9.72 Å². The van der Waals surface area contributed by atoms with Crippen LogP contribution in [0, 0.1) is 0 Å². The molecular weight excluding hydrogens is 601 g/mol. The van der Waals surface area contributed by atoms with Gasteiger partial charge in [-0.3, -0.25) is 4.98 Å². The topological polar surface area (TPSA) is 59.1 Å². The van der Waals surface area contributed by atoms with Gasteiger partial charge < -0.3 is 15.4 Å². The summed E-state index contributed by atoms with van der Waals surface area (Å²) in [4.78, 5) is 9.65. The zero-order valence-corrected chi connectivity index (χ0v) is 26.5. The van der Waals surface area contributed by atoms with Gasteiger partial charge in [-0.1, -0.05) is 127 Å². The van der Waals surface area contributed by atoms with Crippen LogP contribution in [0.25, 0.3) is 55.3 Å². The normalized spacial score (nSPS) is 15.8. The predicted octanol–water partition coefficient (Wildman–Crippen LogP) is 10.8. The summed E-state index contributed by atoms with van der Waals surface area (Å²) in [5.41, 5.74) is 14.3. The van der Waals surface area contributed by atoms with Crippen LogP contribution in [0.15, 0.2) is 158 Å². The van der Waals surface area contributed by atoms with E-state index < -0.39 is 0 Å².